The van der Waals surface area contributed by atoms with E-state index in [2.05, 4.69) is 34.0 Å². The Hall–Kier alpha value is -1.75. The Labute approximate surface area is 111 Å². The van der Waals surface area contributed by atoms with Crippen molar-refractivity contribution in [2.45, 2.75) is 19.8 Å². The van der Waals surface area contributed by atoms with E-state index in [0.717, 1.165) is 18.4 Å². The zero-order valence-electron chi connectivity index (χ0n) is 10.4. The molecular formula is C13H15N3OS. The van der Waals surface area contributed by atoms with Gasteiger partial charge in [-0.1, -0.05) is 31.5 Å². The Morgan fingerprint density at radius 2 is 2.17 bits per heavy atom. The maximum absolute atomic E-state index is 5.06. The molecule has 0 bridgehead atoms. The Kier molecular flexibility index (Phi) is 4.04. The summed E-state index contributed by atoms with van der Waals surface area (Å²) in [5.74, 6) is 0.685. The second-order valence-corrected chi connectivity index (χ2v) is 4.30. The molecule has 2 rings (SSSR count). The fourth-order valence-corrected chi connectivity index (χ4v) is 1.94. The van der Waals surface area contributed by atoms with Gasteiger partial charge in [0.25, 0.3) is 6.01 Å². The van der Waals surface area contributed by atoms with Crippen LogP contribution in [-0.2, 0) is 6.42 Å². The van der Waals surface area contributed by atoms with E-state index in [9.17, 15) is 0 Å². The second kappa shape index (κ2) is 5.73. The first-order valence-corrected chi connectivity index (χ1v) is 6.25. The standard InChI is InChI=1S/C13H15N3OS/c1-3-5-9-6-4-7-10(8-9)11-14-12(17-2)16-13(18)15-11/h4,6-8H,3,5H2,1-2H3,(H,14,15,16,18). The summed E-state index contributed by atoms with van der Waals surface area (Å²) in [6.45, 7) is 2.16. The van der Waals surface area contributed by atoms with Crippen molar-refractivity contribution in [3.8, 4) is 17.4 Å². The number of H-pyrrole nitrogens is 1. The van der Waals surface area contributed by atoms with E-state index in [1.807, 2.05) is 12.1 Å². The molecule has 0 atom stereocenters. The molecule has 0 spiro atoms. The molecule has 0 aliphatic rings. The lowest BCUT2D eigenvalue weighted by molar-refractivity contribution is 0.378. The van der Waals surface area contributed by atoms with Gasteiger partial charge in [0.15, 0.2) is 0 Å². The minimum absolute atomic E-state index is 0.279. The fraction of sp³-hybridized carbons (Fsp3) is 0.308. The Balaban J connectivity index is 2.44. The van der Waals surface area contributed by atoms with Gasteiger partial charge in [-0.25, -0.2) is 4.98 Å². The third-order valence-corrected chi connectivity index (χ3v) is 2.74. The second-order valence-electron chi connectivity index (χ2n) is 3.94. The van der Waals surface area contributed by atoms with Crippen molar-refractivity contribution in [3.63, 3.8) is 0 Å². The van der Waals surface area contributed by atoms with Crippen molar-refractivity contribution >= 4 is 12.2 Å². The van der Waals surface area contributed by atoms with Crippen LogP contribution in [0.25, 0.3) is 11.4 Å². The summed E-state index contributed by atoms with van der Waals surface area (Å²) < 4.78 is 5.34. The SMILES string of the molecule is CCCc1cccc(-c2nc(=S)nc(OC)[nH]2)c1. The fourth-order valence-electron chi connectivity index (χ4n) is 1.76. The number of nitrogens with one attached hydrogen (secondary N) is 1. The molecule has 0 aliphatic heterocycles. The van der Waals surface area contributed by atoms with Crippen molar-refractivity contribution in [2.24, 2.45) is 0 Å². The molecule has 0 saturated carbocycles. The molecule has 2 aromatic rings. The normalized spacial score (nSPS) is 10.3. The minimum Gasteiger partial charge on any atom is -0.468 e. The molecule has 94 valence electrons. The van der Waals surface area contributed by atoms with Crippen LogP contribution in [0.1, 0.15) is 18.9 Å². The van der Waals surface area contributed by atoms with Crippen LogP contribution in [0.4, 0.5) is 0 Å². The van der Waals surface area contributed by atoms with Crippen LogP contribution in [0.15, 0.2) is 24.3 Å². The Morgan fingerprint density at radius 1 is 1.33 bits per heavy atom. The van der Waals surface area contributed by atoms with Gasteiger partial charge in [0.05, 0.1) is 7.11 Å². The van der Waals surface area contributed by atoms with E-state index < -0.39 is 0 Å². The summed E-state index contributed by atoms with van der Waals surface area (Å²) in [7, 11) is 1.55. The van der Waals surface area contributed by atoms with Gasteiger partial charge in [-0.2, -0.15) is 4.98 Å². The highest BCUT2D eigenvalue weighted by atomic mass is 32.1. The molecule has 0 saturated heterocycles. The first kappa shape index (κ1) is 12.7. The minimum atomic E-state index is 0.279. The maximum atomic E-state index is 5.06. The van der Waals surface area contributed by atoms with Crippen LogP contribution in [0.2, 0.25) is 0 Å². The number of aryl methyl sites for hydroxylation is 1. The molecule has 5 heteroatoms. The Morgan fingerprint density at radius 3 is 2.89 bits per heavy atom. The number of benzene rings is 1. The number of methoxy groups -OCH3 is 1. The molecule has 1 aromatic heterocycles. The van der Waals surface area contributed by atoms with Gasteiger partial charge in [0.2, 0.25) is 4.77 Å². The van der Waals surface area contributed by atoms with Gasteiger partial charge in [0, 0.05) is 5.56 Å². The van der Waals surface area contributed by atoms with E-state index in [4.69, 9.17) is 17.0 Å². The maximum Gasteiger partial charge on any atom is 0.297 e. The highest BCUT2D eigenvalue weighted by Gasteiger charge is 2.04. The smallest absolute Gasteiger partial charge is 0.297 e. The largest absolute Gasteiger partial charge is 0.468 e. The number of aromatic nitrogens is 3. The summed E-state index contributed by atoms with van der Waals surface area (Å²) in [6, 6.07) is 8.61. The first-order chi connectivity index (χ1) is 8.72. The third kappa shape index (κ3) is 2.92. The number of rotatable bonds is 4. The summed E-state index contributed by atoms with van der Waals surface area (Å²) in [6.07, 6.45) is 2.17. The molecule has 1 N–H and O–H groups in total. The van der Waals surface area contributed by atoms with Crippen molar-refractivity contribution in [1.29, 1.82) is 0 Å². The van der Waals surface area contributed by atoms with Crippen LogP contribution >= 0.6 is 12.2 Å². The van der Waals surface area contributed by atoms with E-state index in [0.29, 0.717) is 11.8 Å². The van der Waals surface area contributed by atoms with Gasteiger partial charge in [-0.05, 0) is 30.3 Å². The monoisotopic (exact) mass is 261 g/mol. The zero-order chi connectivity index (χ0) is 13.0. The topological polar surface area (TPSA) is 50.8 Å². The number of ether oxygens (including phenoxy) is 1. The average Bonchev–Trinajstić information content (AvgIpc) is 2.39. The highest BCUT2D eigenvalue weighted by Crippen LogP contribution is 2.18. The lowest BCUT2D eigenvalue weighted by Gasteiger charge is -2.05. The number of nitrogens with zero attached hydrogens (tertiary/aromatic N) is 2. The van der Waals surface area contributed by atoms with Gasteiger partial charge in [-0.3, -0.25) is 4.98 Å². The number of aromatic amines is 1. The third-order valence-electron chi connectivity index (χ3n) is 2.56. The van der Waals surface area contributed by atoms with E-state index >= 15 is 0 Å². The average molecular weight is 261 g/mol. The zero-order valence-corrected chi connectivity index (χ0v) is 11.3. The summed E-state index contributed by atoms with van der Waals surface area (Å²) in [5, 5.41) is 0. The van der Waals surface area contributed by atoms with Crippen LogP contribution < -0.4 is 4.74 Å². The van der Waals surface area contributed by atoms with Gasteiger partial charge < -0.3 is 4.74 Å². The summed E-state index contributed by atoms with van der Waals surface area (Å²) in [4.78, 5) is 11.2. The lowest BCUT2D eigenvalue weighted by atomic mass is 10.1. The Bertz CT molecular complexity index is 595. The molecule has 4 nitrogen and oxygen atoms in total. The molecule has 0 amide bonds. The summed E-state index contributed by atoms with van der Waals surface area (Å²) in [5.41, 5.74) is 2.28. The predicted octanol–water partition coefficient (Wildman–Crippen LogP) is 3.16. The first-order valence-electron chi connectivity index (χ1n) is 5.84. The van der Waals surface area contributed by atoms with Gasteiger partial charge >= 0.3 is 0 Å². The lowest BCUT2D eigenvalue weighted by Crippen LogP contribution is -1.98. The highest BCUT2D eigenvalue weighted by molar-refractivity contribution is 7.71. The molecule has 0 unspecified atom stereocenters. The van der Waals surface area contributed by atoms with Crippen molar-refractivity contribution < 1.29 is 4.74 Å². The molecule has 0 radical (unpaired) electrons. The van der Waals surface area contributed by atoms with Crippen LogP contribution in [0, 0.1) is 4.77 Å². The quantitative estimate of drug-likeness (QED) is 0.859. The van der Waals surface area contributed by atoms with Gasteiger partial charge in [-0.15, -0.1) is 0 Å². The van der Waals surface area contributed by atoms with E-state index in [1.54, 1.807) is 7.11 Å². The molecule has 1 aromatic carbocycles. The van der Waals surface area contributed by atoms with Crippen molar-refractivity contribution in [3.05, 3.63) is 34.6 Å². The molecule has 0 aliphatic carbocycles. The van der Waals surface area contributed by atoms with Crippen molar-refractivity contribution in [1.82, 2.24) is 15.0 Å². The molecule has 0 fully saturated rings. The van der Waals surface area contributed by atoms with Crippen LogP contribution in [0.5, 0.6) is 6.01 Å². The van der Waals surface area contributed by atoms with E-state index in [-0.39, 0.29) is 4.77 Å². The summed E-state index contributed by atoms with van der Waals surface area (Å²) >= 11 is 5.02. The van der Waals surface area contributed by atoms with Gasteiger partial charge in [0.1, 0.15) is 5.82 Å². The number of hydrogen-bond donors (Lipinski definition) is 1. The van der Waals surface area contributed by atoms with E-state index in [1.165, 1.54) is 5.56 Å². The number of hydrogen-bond acceptors (Lipinski definition) is 4. The molecular weight excluding hydrogens is 246 g/mol. The van der Waals surface area contributed by atoms with Crippen LogP contribution in [0.3, 0.4) is 0 Å². The molecule has 18 heavy (non-hydrogen) atoms. The molecule has 1 heterocycles. The van der Waals surface area contributed by atoms with Crippen LogP contribution in [-0.4, -0.2) is 22.1 Å². The van der Waals surface area contributed by atoms with Crippen molar-refractivity contribution in [2.75, 3.05) is 7.11 Å². The predicted molar refractivity (Wildman–Crippen MR) is 73.2 cm³/mol.